The number of nitrogens with two attached hydrogens (primary N) is 1. The van der Waals surface area contributed by atoms with Gasteiger partial charge in [0, 0.05) is 17.3 Å². The molecule has 0 saturated carbocycles. The molecular formula is C23H28N2O4S. The summed E-state index contributed by atoms with van der Waals surface area (Å²) in [5, 5.41) is 1.65. The Balaban J connectivity index is 0.000000232. The second-order valence-electron chi connectivity index (χ2n) is 6.58. The van der Waals surface area contributed by atoms with E-state index in [9.17, 15) is 9.59 Å². The number of carbonyl (C=O) groups excluding carboxylic acids is 2. The molecule has 1 saturated heterocycles. The fourth-order valence-electron chi connectivity index (χ4n) is 2.98. The molecule has 1 aliphatic heterocycles. The zero-order valence-electron chi connectivity index (χ0n) is 17.7. The molecule has 1 unspecified atom stereocenters. The number of ether oxygens (including phenoxy) is 2. The maximum atomic E-state index is 11.5. The maximum Gasteiger partial charge on any atom is 0.286 e. The second kappa shape index (κ2) is 11.3. The minimum atomic E-state index is -0.358. The van der Waals surface area contributed by atoms with E-state index in [1.165, 1.54) is 5.56 Å². The first kappa shape index (κ1) is 23.3. The van der Waals surface area contributed by atoms with Crippen LogP contribution in [0.4, 0.5) is 10.5 Å². The van der Waals surface area contributed by atoms with Crippen molar-refractivity contribution in [2.75, 3.05) is 20.0 Å². The lowest BCUT2D eigenvalue weighted by atomic mass is 10.0. The lowest BCUT2D eigenvalue weighted by Crippen LogP contribution is -2.25. The minimum absolute atomic E-state index is 0.223. The van der Waals surface area contributed by atoms with E-state index in [2.05, 4.69) is 12.2 Å². The van der Waals surface area contributed by atoms with E-state index >= 15 is 0 Å². The second-order valence-corrected chi connectivity index (χ2v) is 7.76. The van der Waals surface area contributed by atoms with Crippen LogP contribution in [0.25, 0.3) is 6.08 Å². The normalized spacial score (nSPS) is 15.5. The average Bonchev–Trinajstić information content (AvgIpc) is 3.07. The SMILES string of the molecule is C/C=C\c1c(N)cccc1CC1SC(=O)NC1=O.CCc1cc(OC)cc(OC)c1. The molecule has 0 bridgehead atoms. The highest BCUT2D eigenvalue weighted by atomic mass is 32.2. The molecule has 1 atom stereocenters. The summed E-state index contributed by atoms with van der Waals surface area (Å²) in [6.45, 7) is 4.02. The van der Waals surface area contributed by atoms with Gasteiger partial charge in [-0.25, -0.2) is 0 Å². The lowest BCUT2D eigenvalue weighted by Gasteiger charge is -2.11. The maximum absolute atomic E-state index is 11.5. The summed E-state index contributed by atoms with van der Waals surface area (Å²) < 4.78 is 10.2. The van der Waals surface area contributed by atoms with Gasteiger partial charge in [0.2, 0.25) is 5.91 Å². The molecule has 160 valence electrons. The predicted octanol–water partition coefficient (Wildman–Crippen LogP) is 4.46. The number of nitrogens with one attached hydrogen (secondary N) is 1. The summed E-state index contributed by atoms with van der Waals surface area (Å²) in [4.78, 5) is 22.7. The van der Waals surface area contributed by atoms with Crippen molar-refractivity contribution in [3.8, 4) is 11.5 Å². The van der Waals surface area contributed by atoms with Gasteiger partial charge in [-0.15, -0.1) is 0 Å². The highest BCUT2D eigenvalue weighted by Crippen LogP contribution is 2.27. The van der Waals surface area contributed by atoms with Crippen molar-refractivity contribution in [2.24, 2.45) is 0 Å². The molecule has 0 aliphatic carbocycles. The Kier molecular flexibility index (Phi) is 8.80. The Labute approximate surface area is 181 Å². The monoisotopic (exact) mass is 428 g/mol. The standard InChI is InChI=1S/C13H14N2O2S.C10H14O2/c1-2-4-9-8(5-3-6-10(9)14)7-11-12(16)15-13(17)18-11;1-4-8-5-9(11-2)7-10(6-8)12-3/h2-6,11H,7,14H2,1H3,(H,15,16,17);5-7H,4H2,1-3H3/b4-2-;. The van der Waals surface area contributed by atoms with Crippen LogP contribution in [-0.4, -0.2) is 30.6 Å². The molecule has 0 aromatic heterocycles. The van der Waals surface area contributed by atoms with Crippen LogP contribution < -0.4 is 20.5 Å². The van der Waals surface area contributed by atoms with Gasteiger partial charge in [0.05, 0.1) is 19.5 Å². The van der Waals surface area contributed by atoms with Gasteiger partial charge in [-0.3, -0.25) is 14.9 Å². The molecule has 3 rings (SSSR count). The number of rotatable bonds is 6. The molecule has 30 heavy (non-hydrogen) atoms. The van der Waals surface area contributed by atoms with Gasteiger partial charge in [0.25, 0.3) is 5.24 Å². The lowest BCUT2D eigenvalue weighted by molar-refractivity contribution is -0.118. The van der Waals surface area contributed by atoms with Crippen LogP contribution in [0.15, 0.2) is 42.5 Å². The molecule has 1 aliphatic rings. The molecular weight excluding hydrogens is 400 g/mol. The molecule has 1 fully saturated rings. The first-order chi connectivity index (χ1) is 14.4. The van der Waals surface area contributed by atoms with E-state index in [4.69, 9.17) is 15.2 Å². The van der Waals surface area contributed by atoms with Crippen LogP contribution in [-0.2, 0) is 17.6 Å². The molecule has 1 heterocycles. The Bertz CT molecular complexity index is 872. The first-order valence-electron chi connectivity index (χ1n) is 9.65. The van der Waals surface area contributed by atoms with E-state index in [0.717, 1.165) is 40.8 Å². The van der Waals surface area contributed by atoms with E-state index in [-0.39, 0.29) is 16.4 Å². The average molecular weight is 429 g/mol. The van der Waals surface area contributed by atoms with Crippen molar-refractivity contribution in [1.29, 1.82) is 0 Å². The number of thioether (sulfide) groups is 1. The fraction of sp³-hybridized carbons (Fsp3) is 0.304. The van der Waals surface area contributed by atoms with Crippen LogP contribution in [0.2, 0.25) is 0 Å². The zero-order chi connectivity index (χ0) is 22.1. The van der Waals surface area contributed by atoms with Crippen molar-refractivity contribution < 1.29 is 19.1 Å². The number of benzene rings is 2. The van der Waals surface area contributed by atoms with E-state index < -0.39 is 0 Å². The number of imide groups is 1. The number of amides is 2. The molecule has 2 aromatic rings. The number of carbonyl (C=O) groups is 2. The molecule has 0 radical (unpaired) electrons. The zero-order valence-corrected chi connectivity index (χ0v) is 18.5. The Morgan fingerprint density at radius 3 is 2.30 bits per heavy atom. The van der Waals surface area contributed by atoms with Gasteiger partial charge in [-0.1, -0.05) is 43.0 Å². The Hall–Kier alpha value is -2.93. The predicted molar refractivity (Wildman–Crippen MR) is 123 cm³/mol. The smallest absolute Gasteiger partial charge is 0.286 e. The summed E-state index contributed by atoms with van der Waals surface area (Å²) in [6, 6.07) is 11.5. The van der Waals surface area contributed by atoms with Crippen LogP contribution >= 0.6 is 11.8 Å². The topological polar surface area (TPSA) is 90.7 Å². The van der Waals surface area contributed by atoms with Gasteiger partial charge in [0.15, 0.2) is 0 Å². The number of anilines is 1. The Morgan fingerprint density at radius 2 is 1.80 bits per heavy atom. The number of nitrogen functional groups attached to an aromatic ring is 1. The highest BCUT2D eigenvalue weighted by molar-refractivity contribution is 8.15. The van der Waals surface area contributed by atoms with Crippen LogP contribution in [0.1, 0.15) is 30.5 Å². The highest BCUT2D eigenvalue weighted by Gasteiger charge is 2.31. The van der Waals surface area contributed by atoms with Crippen LogP contribution in [0.3, 0.4) is 0 Å². The Morgan fingerprint density at radius 1 is 1.13 bits per heavy atom. The number of hydrogen-bond donors (Lipinski definition) is 2. The van der Waals surface area contributed by atoms with Crippen molar-refractivity contribution in [2.45, 2.75) is 31.9 Å². The third-order valence-electron chi connectivity index (χ3n) is 4.56. The van der Waals surface area contributed by atoms with Crippen molar-refractivity contribution in [1.82, 2.24) is 5.32 Å². The molecule has 6 nitrogen and oxygen atoms in total. The summed E-state index contributed by atoms with van der Waals surface area (Å²) >= 11 is 1.04. The van der Waals surface area contributed by atoms with E-state index in [1.54, 1.807) is 14.2 Å². The van der Waals surface area contributed by atoms with Gasteiger partial charge in [-0.05, 0) is 49.1 Å². The third kappa shape index (κ3) is 6.29. The van der Waals surface area contributed by atoms with Crippen molar-refractivity contribution in [3.63, 3.8) is 0 Å². The third-order valence-corrected chi connectivity index (χ3v) is 5.54. The van der Waals surface area contributed by atoms with Crippen molar-refractivity contribution >= 4 is 34.7 Å². The quantitative estimate of drug-likeness (QED) is 0.660. The summed E-state index contributed by atoms with van der Waals surface area (Å²) in [5.41, 5.74) is 9.73. The van der Waals surface area contributed by atoms with Gasteiger partial charge in [-0.2, -0.15) is 0 Å². The molecule has 2 aromatic carbocycles. The van der Waals surface area contributed by atoms with E-state index in [0.29, 0.717) is 12.1 Å². The summed E-state index contributed by atoms with van der Waals surface area (Å²) in [7, 11) is 3.32. The fourth-order valence-corrected chi connectivity index (χ4v) is 3.83. The van der Waals surface area contributed by atoms with Crippen molar-refractivity contribution in [3.05, 3.63) is 59.2 Å². The number of aryl methyl sites for hydroxylation is 1. The first-order valence-corrected chi connectivity index (χ1v) is 10.5. The number of hydrogen-bond acceptors (Lipinski definition) is 6. The van der Waals surface area contributed by atoms with Crippen LogP contribution in [0.5, 0.6) is 11.5 Å². The van der Waals surface area contributed by atoms with Gasteiger partial charge in [0.1, 0.15) is 11.5 Å². The van der Waals surface area contributed by atoms with E-state index in [1.807, 2.05) is 55.5 Å². The number of allylic oxidation sites excluding steroid dienone is 1. The van der Waals surface area contributed by atoms with Gasteiger partial charge < -0.3 is 15.2 Å². The largest absolute Gasteiger partial charge is 0.497 e. The molecule has 0 spiro atoms. The molecule has 3 N–H and O–H groups in total. The van der Waals surface area contributed by atoms with Gasteiger partial charge >= 0.3 is 0 Å². The minimum Gasteiger partial charge on any atom is -0.497 e. The molecule has 2 amide bonds. The number of methoxy groups -OCH3 is 2. The molecule has 7 heteroatoms. The summed E-state index contributed by atoms with van der Waals surface area (Å²) in [6.07, 6.45) is 5.33. The van der Waals surface area contributed by atoms with Crippen LogP contribution in [0, 0.1) is 0 Å². The summed E-state index contributed by atoms with van der Waals surface area (Å²) in [5.74, 6) is 1.48.